The third-order valence-electron chi connectivity index (χ3n) is 5.68. The van der Waals surface area contributed by atoms with Gasteiger partial charge >= 0.3 is 5.97 Å². The van der Waals surface area contributed by atoms with Gasteiger partial charge in [0.05, 0.1) is 18.0 Å². The van der Waals surface area contributed by atoms with E-state index in [4.69, 9.17) is 0 Å². The van der Waals surface area contributed by atoms with Crippen LogP contribution in [0.3, 0.4) is 0 Å². The van der Waals surface area contributed by atoms with Gasteiger partial charge in [0.15, 0.2) is 0 Å². The van der Waals surface area contributed by atoms with Crippen LogP contribution in [0.5, 0.6) is 0 Å². The maximum atomic E-state index is 12.6. The predicted molar refractivity (Wildman–Crippen MR) is 104 cm³/mol. The molecule has 0 radical (unpaired) electrons. The van der Waals surface area contributed by atoms with Crippen LogP contribution in [-0.4, -0.2) is 30.1 Å². The number of fused-ring (bicyclic) bond motifs is 1. The minimum absolute atomic E-state index is 0.0579. The van der Waals surface area contributed by atoms with Crippen molar-refractivity contribution in [1.82, 2.24) is 5.32 Å². The van der Waals surface area contributed by atoms with Crippen molar-refractivity contribution < 1.29 is 14.7 Å². The van der Waals surface area contributed by atoms with Gasteiger partial charge in [-0.15, -0.1) is 0 Å². The molecule has 0 aromatic heterocycles. The van der Waals surface area contributed by atoms with E-state index in [9.17, 15) is 14.7 Å². The van der Waals surface area contributed by atoms with Crippen molar-refractivity contribution in [3.8, 4) is 0 Å². The third-order valence-corrected chi connectivity index (χ3v) is 5.68. The van der Waals surface area contributed by atoms with Gasteiger partial charge in [-0.1, -0.05) is 29.8 Å². The summed E-state index contributed by atoms with van der Waals surface area (Å²) < 4.78 is 0. The van der Waals surface area contributed by atoms with Crippen molar-refractivity contribution in [2.75, 3.05) is 18.0 Å². The Balaban J connectivity index is 1.61. The highest BCUT2D eigenvalue weighted by molar-refractivity contribution is 6.07. The summed E-state index contributed by atoms with van der Waals surface area (Å²) in [5.41, 5.74) is 4.89. The number of hydrogen-bond acceptors (Lipinski definition) is 3. The fraction of sp³-hybridized carbons (Fsp3) is 0.364. The highest BCUT2D eigenvalue weighted by atomic mass is 16.4. The molecule has 0 spiro atoms. The second kappa shape index (κ2) is 7.16. The van der Waals surface area contributed by atoms with Gasteiger partial charge in [-0.25, -0.2) is 0 Å². The molecule has 2 aliphatic heterocycles. The van der Waals surface area contributed by atoms with Crippen molar-refractivity contribution in [2.24, 2.45) is 11.8 Å². The molecule has 27 heavy (non-hydrogen) atoms. The summed E-state index contributed by atoms with van der Waals surface area (Å²) in [5, 5.41) is 12.9. The van der Waals surface area contributed by atoms with Gasteiger partial charge in [-0.2, -0.15) is 0 Å². The number of anilines is 2. The van der Waals surface area contributed by atoms with Gasteiger partial charge in [-0.3, -0.25) is 14.5 Å². The molecule has 2 aromatic carbocycles. The summed E-state index contributed by atoms with van der Waals surface area (Å²) >= 11 is 0. The summed E-state index contributed by atoms with van der Waals surface area (Å²) in [6.45, 7) is 3.67. The second-order valence-corrected chi connectivity index (χ2v) is 7.61. The molecule has 2 aliphatic rings. The molecule has 1 saturated heterocycles. The fourth-order valence-electron chi connectivity index (χ4n) is 4.29. The molecule has 2 N–H and O–H groups in total. The molecule has 140 valence electrons. The summed E-state index contributed by atoms with van der Waals surface area (Å²) in [7, 11) is 0. The summed E-state index contributed by atoms with van der Waals surface area (Å²) in [4.78, 5) is 26.2. The number of aliphatic carboxylic acids is 1. The number of aryl methyl sites for hydroxylation is 1. The highest BCUT2D eigenvalue weighted by Gasteiger charge is 2.32. The Labute approximate surface area is 159 Å². The van der Waals surface area contributed by atoms with Crippen LogP contribution in [0.15, 0.2) is 42.5 Å². The van der Waals surface area contributed by atoms with Crippen molar-refractivity contribution in [3.05, 3.63) is 59.2 Å². The van der Waals surface area contributed by atoms with E-state index in [1.165, 1.54) is 0 Å². The predicted octanol–water partition coefficient (Wildman–Crippen LogP) is 3.07. The van der Waals surface area contributed by atoms with Crippen LogP contribution in [0.2, 0.25) is 0 Å². The Morgan fingerprint density at radius 3 is 2.89 bits per heavy atom. The van der Waals surface area contributed by atoms with Crippen molar-refractivity contribution in [1.29, 1.82) is 0 Å². The maximum absolute atomic E-state index is 12.6. The first kappa shape index (κ1) is 17.7. The Kier molecular flexibility index (Phi) is 4.70. The third kappa shape index (κ3) is 3.47. The number of carboxylic acid groups (broad SMARTS) is 1. The number of carbonyl (C=O) groups is 2. The zero-order valence-electron chi connectivity index (χ0n) is 15.4. The largest absolute Gasteiger partial charge is 0.481 e. The first-order chi connectivity index (χ1) is 13.0. The summed E-state index contributed by atoms with van der Waals surface area (Å²) in [6.07, 6.45) is 1.79. The first-order valence-corrected chi connectivity index (χ1v) is 9.48. The van der Waals surface area contributed by atoms with E-state index in [0.29, 0.717) is 12.8 Å². The molecule has 2 atom stereocenters. The lowest BCUT2D eigenvalue weighted by molar-refractivity contribution is -0.143. The van der Waals surface area contributed by atoms with Crippen molar-refractivity contribution in [3.63, 3.8) is 0 Å². The molecular weight excluding hydrogens is 340 g/mol. The summed E-state index contributed by atoms with van der Waals surface area (Å²) in [5.74, 6) is -0.933. The zero-order valence-corrected chi connectivity index (χ0v) is 15.4. The standard InChI is InChI=1S/C22H24N2O3/c1-14-5-6-20-17(9-14)12-21(25)24(20)18-4-2-3-15(10-18)11-19(22(26)27)16-7-8-23-13-16/h2-6,9-10,16,19,23H,7-8,11-13H2,1H3,(H,26,27)/t16-,19-/m0/s1. The lowest BCUT2D eigenvalue weighted by atomic mass is 9.86. The Morgan fingerprint density at radius 1 is 1.30 bits per heavy atom. The molecule has 5 nitrogen and oxygen atoms in total. The molecule has 4 rings (SSSR count). The number of carbonyl (C=O) groups excluding carboxylic acids is 1. The molecular formula is C22H24N2O3. The fourth-order valence-corrected chi connectivity index (χ4v) is 4.29. The van der Waals surface area contributed by atoms with Gasteiger partial charge in [-0.05, 0) is 68.1 Å². The average Bonchev–Trinajstić information content (AvgIpc) is 3.26. The number of rotatable bonds is 5. The topological polar surface area (TPSA) is 69.6 Å². The van der Waals surface area contributed by atoms with Gasteiger partial charge in [0.1, 0.15) is 0 Å². The number of amides is 1. The van der Waals surface area contributed by atoms with Crippen LogP contribution in [0, 0.1) is 18.8 Å². The van der Waals surface area contributed by atoms with E-state index < -0.39 is 11.9 Å². The minimum atomic E-state index is -0.743. The number of carboxylic acids is 1. The number of benzene rings is 2. The minimum Gasteiger partial charge on any atom is -0.481 e. The Morgan fingerprint density at radius 2 is 2.15 bits per heavy atom. The lowest BCUT2D eigenvalue weighted by Gasteiger charge is -2.21. The van der Waals surface area contributed by atoms with Gasteiger partial charge in [0, 0.05) is 5.69 Å². The normalized spacial score (nSPS) is 20.0. The molecule has 0 unspecified atom stereocenters. The first-order valence-electron chi connectivity index (χ1n) is 9.48. The van der Waals surface area contributed by atoms with E-state index in [1.54, 1.807) is 4.90 Å². The Hall–Kier alpha value is -2.66. The van der Waals surface area contributed by atoms with E-state index in [0.717, 1.165) is 47.6 Å². The second-order valence-electron chi connectivity index (χ2n) is 7.61. The molecule has 2 aromatic rings. The van der Waals surface area contributed by atoms with Crippen molar-refractivity contribution >= 4 is 23.3 Å². The highest BCUT2D eigenvalue weighted by Crippen LogP contribution is 2.36. The van der Waals surface area contributed by atoms with Crippen molar-refractivity contribution in [2.45, 2.75) is 26.2 Å². The number of nitrogens with zero attached hydrogens (tertiary/aromatic N) is 1. The number of nitrogens with one attached hydrogen (secondary N) is 1. The van der Waals surface area contributed by atoms with E-state index in [2.05, 4.69) is 11.4 Å². The smallest absolute Gasteiger partial charge is 0.307 e. The van der Waals surface area contributed by atoms with Crippen LogP contribution < -0.4 is 10.2 Å². The SMILES string of the molecule is Cc1ccc2c(c1)CC(=O)N2c1cccc(C[C@H](C(=O)O)[C@H]2CCNC2)c1. The van der Waals surface area contributed by atoms with E-state index in [1.807, 2.05) is 43.3 Å². The molecule has 0 saturated carbocycles. The molecule has 5 heteroatoms. The van der Waals surface area contributed by atoms with Crippen LogP contribution in [0.4, 0.5) is 11.4 Å². The Bertz CT molecular complexity index is 887. The molecule has 1 fully saturated rings. The van der Waals surface area contributed by atoms with Crippen LogP contribution in [0.1, 0.15) is 23.1 Å². The lowest BCUT2D eigenvalue weighted by Crippen LogP contribution is -2.27. The van der Waals surface area contributed by atoms with Gasteiger partial charge in [0.2, 0.25) is 5.91 Å². The average molecular weight is 364 g/mol. The van der Waals surface area contributed by atoms with Crippen LogP contribution in [0.25, 0.3) is 0 Å². The molecule has 0 bridgehead atoms. The van der Waals surface area contributed by atoms with E-state index in [-0.39, 0.29) is 11.8 Å². The van der Waals surface area contributed by atoms with Crippen LogP contribution in [-0.2, 0) is 22.4 Å². The monoisotopic (exact) mass is 364 g/mol. The molecule has 1 amide bonds. The summed E-state index contributed by atoms with van der Waals surface area (Å²) in [6, 6.07) is 13.8. The van der Waals surface area contributed by atoms with E-state index >= 15 is 0 Å². The van der Waals surface area contributed by atoms with Gasteiger partial charge < -0.3 is 10.4 Å². The quantitative estimate of drug-likeness (QED) is 0.855. The van der Waals surface area contributed by atoms with Crippen LogP contribution >= 0.6 is 0 Å². The molecule has 2 heterocycles. The maximum Gasteiger partial charge on any atom is 0.307 e. The number of hydrogen-bond donors (Lipinski definition) is 2. The zero-order chi connectivity index (χ0) is 19.0. The molecule has 0 aliphatic carbocycles. The van der Waals surface area contributed by atoms with Gasteiger partial charge in [0.25, 0.3) is 0 Å².